The molecule has 0 aliphatic rings. The van der Waals surface area contributed by atoms with Gasteiger partial charge in [0.25, 0.3) is 0 Å². The lowest BCUT2D eigenvalue weighted by Gasteiger charge is -2.09. The Bertz CT molecular complexity index is 368. The first kappa shape index (κ1) is 11.3. The van der Waals surface area contributed by atoms with E-state index in [0.717, 1.165) is 16.9 Å². The first-order valence-electron chi connectivity index (χ1n) is 4.76. The Labute approximate surface area is 89.4 Å². The molecule has 0 saturated heterocycles. The van der Waals surface area contributed by atoms with E-state index in [1.807, 2.05) is 31.2 Å². The Morgan fingerprint density at radius 1 is 1.40 bits per heavy atom. The number of carboxylic acids is 1. The third-order valence-corrected chi connectivity index (χ3v) is 2.14. The summed E-state index contributed by atoms with van der Waals surface area (Å²) in [6.07, 6.45) is 0. The van der Waals surface area contributed by atoms with Gasteiger partial charge in [0.15, 0.2) is 0 Å². The van der Waals surface area contributed by atoms with Gasteiger partial charge in [-0.25, -0.2) is 0 Å². The van der Waals surface area contributed by atoms with E-state index in [1.165, 1.54) is 0 Å². The van der Waals surface area contributed by atoms with E-state index in [2.05, 4.69) is 11.9 Å². The van der Waals surface area contributed by atoms with Crippen molar-refractivity contribution in [2.24, 2.45) is 0 Å². The first-order chi connectivity index (χ1) is 7.00. The SMILES string of the molecule is C=C(C)Nc1ccc(C(C)C(=O)O)cc1. The summed E-state index contributed by atoms with van der Waals surface area (Å²) in [6, 6.07) is 7.32. The highest BCUT2D eigenvalue weighted by Crippen LogP contribution is 2.18. The molecule has 0 aliphatic heterocycles. The first-order valence-corrected chi connectivity index (χ1v) is 4.76. The van der Waals surface area contributed by atoms with Crippen molar-refractivity contribution in [3.63, 3.8) is 0 Å². The average Bonchev–Trinajstić information content (AvgIpc) is 2.17. The maximum atomic E-state index is 10.7. The fraction of sp³-hybridized carbons (Fsp3) is 0.250. The molecule has 1 aromatic carbocycles. The summed E-state index contributed by atoms with van der Waals surface area (Å²) in [4.78, 5) is 10.7. The van der Waals surface area contributed by atoms with Gasteiger partial charge in [0.2, 0.25) is 0 Å². The van der Waals surface area contributed by atoms with E-state index in [1.54, 1.807) is 6.92 Å². The van der Waals surface area contributed by atoms with Crippen molar-refractivity contribution in [3.8, 4) is 0 Å². The van der Waals surface area contributed by atoms with Crippen LogP contribution < -0.4 is 5.32 Å². The van der Waals surface area contributed by atoms with Gasteiger partial charge >= 0.3 is 5.97 Å². The molecule has 0 amide bonds. The molecule has 80 valence electrons. The molecule has 3 heteroatoms. The molecule has 2 N–H and O–H groups in total. The van der Waals surface area contributed by atoms with Crippen molar-refractivity contribution in [3.05, 3.63) is 42.1 Å². The Hall–Kier alpha value is -1.77. The van der Waals surface area contributed by atoms with Crippen molar-refractivity contribution in [2.45, 2.75) is 19.8 Å². The molecule has 0 radical (unpaired) electrons. The monoisotopic (exact) mass is 205 g/mol. The maximum absolute atomic E-state index is 10.7. The Morgan fingerprint density at radius 3 is 2.33 bits per heavy atom. The molecule has 0 spiro atoms. The fourth-order valence-electron chi connectivity index (χ4n) is 1.24. The highest BCUT2D eigenvalue weighted by Gasteiger charge is 2.12. The number of carboxylic acid groups (broad SMARTS) is 1. The largest absolute Gasteiger partial charge is 0.481 e. The lowest BCUT2D eigenvalue weighted by Crippen LogP contribution is -2.07. The second-order valence-electron chi connectivity index (χ2n) is 3.59. The topological polar surface area (TPSA) is 49.3 Å². The summed E-state index contributed by atoms with van der Waals surface area (Å²) in [6.45, 7) is 7.27. The highest BCUT2D eigenvalue weighted by atomic mass is 16.4. The fourth-order valence-corrected chi connectivity index (χ4v) is 1.24. The highest BCUT2D eigenvalue weighted by molar-refractivity contribution is 5.75. The molecule has 0 aliphatic carbocycles. The minimum absolute atomic E-state index is 0.469. The molecule has 1 aromatic rings. The zero-order valence-electron chi connectivity index (χ0n) is 8.95. The molecular weight excluding hydrogens is 190 g/mol. The van der Waals surface area contributed by atoms with Crippen LogP contribution in [-0.4, -0.2) is 11.1 Å². The lowest BCUT2D eigenvalue weighted by molar-refractivity contribution is -0.138. The van der Waals surface area contributed by atoms with Crippen LogP contribution in [0.1, 0.15) is 25.3 Å². The molecule has 1 unspecified atom stereocenters. The number of rotatable bonds is 4. The molecule has 0 heterocycles. The van der Waals surface area contributed by atoms with E-state index in [4.69, 9.17) is 5.11 Å². The Balaban J connectivity index is 2.80. The Kier molecular flexibility index (Phi) is 3.50. The second-order valence-corrected chi connectivity index (χ2v) is 3.59. The molecular formula is C12H15NO2. The Morgan fingerprint density at radius 2 is 1.93 bits per heavy atom. The minimum Gasteiger partial charge on any atom is -0.481 e. The number of benzene rings is 1. The van der Waals surface area contributed by atoms with Crippen LogP contribution in [0.4, 0.5) is 5.69 Å². The van der Waals surface area contributed by atoms with Gasteiger partial charge in [-0.15, -0.1) is 0 Å². The van der Waals surface area contributed by atoms with Crippen molar-refractivity contribution in [2.75, 3.05) is 5.32 Å². The zero-order valence-corrected chi connectivity index (χ0v) is 8.95. The van der Waals surface area contributed by atoms with Crippen LogP contribution in [0.5, 0.6) is 0 Å². The van der Waals surface area contributed by atoms with E-state index in [0.29, 0.717) is 0 Å². The van der Waals surface area contributed by atoms with Gasteiger partial charge in [-0.2, -0.15) is 0 Å². The van der Waals surface area contributed by atoms with Crippen LogP contribution in [0, 0.1) is 0 Å². The van der Waals surface area contributed by atoms with Gasteiger partial charge in [-0.05, 0) is 31.5 Å². The third kappa shape index (κ3) is 3.13. The molecule has 15 heavy (non-hydrogen) atoms. The molecule has 1 rings (SSSR count). The molecule has 1 atom stereocenters. The van der Waals surface area contributed by atoms with E-state index < -0.39 is 11.9 Å². The van der Waals surface area contributed by atoms with Gasteiger partial charge < -0.3 is 10.4 Å². The lowest BCUT2D eigenvalue weighted by atomic mass is 10.0. The predicted octanol–water partition coefficient (Wildman–Crippen LogP) is 2.82. The smallest absolute Gasteiger partial charge is 0.310 e. The molecule has 3 nitrogen and oxygen atoms in total. The summed E-state index contributed by atoms with van der Waals surface area (Å²) in [5.74, 6) is -1.28. The van der Waals surface area contributed by atoms with Crippen LogP contribution >= 0.6 is 0 Å². The number of hydrogen-bond acceptors (Lipinski definition) is 2. The van der Waals surface area contributed by atoms with Gasteiger partial charge in [0, 0.05) is 11.4 Å². The number of anilines is 1. The number of nitrogens with one attached hydrogen (secondary N) is 1. The van der Waals surface area contributed by atoms with Crippen LogP contribution in [-0.2, 0) is 4.79 Å². The normalized spacial score (nSPS) is 11.9. The molecule has 0 aromatic heterocycles. The van der Waals surface area contributed by atoms with E-state index in [-0.39, 0.29) is 0 Å². The number of hydrogen-bond donors (Lipinski definition) is 2. The zero-order chi connectivity index (χ0) is 11.4. The molecule has 0 fully saturated rings. The van der Waals surface area contributed by atoms with Crippen LogP contribution in [0.25, 0.3) is 0 Å². The summed E-state index contributed by atoms with van der Waals surface area (Å²) < 4.78 is 0. The quantitative estimate of drug-likeness (QED) is 0.794. The van der Waals surface area contributed by atoms with Crippen molar-refractivity contribution in [1.29, 1.82) is 0 Å². The van der Waals surface area contributed by atoms with Gasteiger partial charge in [-0.1, -0.05) is 18.7 Å². The third-order valence-electron chi connectivity index (χ3n) is 2.14. The van der Waals surface area contributed by atoms with Crippen LogP contribution in [0.2, 0.25) is 0 Å². The number of carbonyl (C=O) groups is 1. The van der Waals surface area contributed by atoms with Gasteiger partial charge in [-0.3, -0.25) is 4.79 Å². The maximum Gasteiger partial charge on any atom is 0.310 e. The van der Waals surface area contributed by atoms with Crippen LogP contribution in [0.3, 0.4) is 0 Å². The number of allylic oxidation sites excluding steroid dienone is 1. The standard InChI is InChI=1S/C12H15NO2/c1-8(2)13-11-6-4-10(5-7-11)9(3)12(14)15/h4-7,9,13H,1H2,2-3H3,(H,14,15). The predicted molar refractivity (Wildman–Crippen MR) is 60.9 cm³/mol. The average molecular weight is 205 g/mol. The van der Waals surface area contributed by atoms with Crippen LogP contribution in [0.15, 0.2) is 36.5 Å². The van der Waals surface area contributed by atoms with Gasteiger partial charge in [0.1, 0.15) is 0 Å². The molecule has 0 bridgehead atoms. The van der Waals surface area contributed by atoms with E-state index >= 15 is 0 Å². The van der Waals surface area contributed by atoms with E-state index in [9.17, 15) is 4.79 Å². The van der Waals surface area contributed by atoms with Crippen molar-refractivity contribution >= 4 is 11.7 Å². The van der Waals surface area contributed by atoms with Gasteiger partial charge in [0.05, 0.1) is 5.92 Å². The summed E-state index contributed by atoms with van der Waals surface area (Å²) >= 11 is 0. The molecule has 0 saturated carbocycles. The summed E-state index contributed by atoms with van der Waals surface area (Å²) in [7, 11) is 0. The van der Waals surface area contributed by atoms with Crippen molar-refractivity contribution in [1.82, 2.24) is 0 Å². The summed E-state index contributed by atoms with van der Waals surface area (Å²) in [5, 5.41) is 11.9. The summed E-state index contributed by atoms with van der Waals surface area (Å²) in [5.41, 5.74) is 2.58. The minimum atomic E-state index is -0.810. The number of aliphatic carboxylic acids is 1. The van der Waals surface area contributed by atoms with Crippen molar-refractivity contribution < 1.29 is 9.90 Å². The second kappa shape index (κ2) is 4.64.